The SMILES string of the molecule is CC(C(=O)NC(C)(C)C)N1CCC(C(O)C(F)(F)F)CC1. The summed E-state index contributed by atoms with van der Waals surface area (Å²) in [6.07, 6.45) is -6.35. The molecule has 21 heavy (non-hydrogen) atoms. The Bertz CT molecular complexity index is 358. The third-order valence-corrected chi connectivity index (χ3v) is 3.78. The van der Waals surface area contributed by atoms with Gasteiger partial charge in [0.25, 0.3) is 0 Å². The number of amides is 1. The molecule has 2 unspecified atom stereocenters. The lowest BCUT2D eigenvalue weighted by atomic mass is 9.90. The van der Waals surface area contributed by atoms with Gasteiger partial charge in [-0.3, -0.25) is 9.69 Å². The lowest BCUT2D eigenvalue weighted by molar-refractivity contribution is -0.223. The van der Waals surface area contributed by atoms with Crippen molar-refractivity contribution >= 4 is 5.91 Å². The maximum atomic E-state index is 12.5. The van der Waals surface area contributed by atoms with Crippen molar-refractivity contribution < 1.29 is 23.1 Å². The molecule has 0 spiro atoms. The van der Waals surface area contributed by atoms with Crippen molar-refractivity contribution in [3.63, 3.8) is 0 Å². The van der Waals surface area contributed by atoms with E-state index in [1.54, 1.807) is 6.92 Å². The summed E-state index contributed by atoms with van der Waals surface area (Å²) in [5.41, 5.74) is -0.337. The summed E-state index contributed by atoms with van der Waals surface area (Å²) < 4.78 is 37.4. The zero-order valence-electron chi connectivity index (χ0n) is 13.0. The normalized spacial score (nSPS) is 21.9. The summed E-state index contributed by atoms with van der Waals surface area (Å²) in [7, 11) is 0. The minimum Gasteiger partial charge on any atom is -0.383 e. The highest BCUT2D eigenvalue weighted by molar-refractivity contribution is 5.81. The predicted octanol–water partition coefficient (Wildman–Crippen LogP) is 1.92. The summed E-state index contributed by atoms with van der Waals surface area (Å²) in [5.74, 6) is -0.906. The molecule has 0 bridgehead atoms. The van der Waals surface area contributed by atoms with E-state index in [0.717, 1.165) is 0 Å². The second-order valence-corrected chi connectivity index (χ2v) is 6.78. The van der Waals surface area contributed by atoms with Crippen molar-refractivity contribution in [3.8, 4) is 0 Å². The molecule has 0 aliphatic carbocycles. The third kappa shape index (κ3) is 5.47. The van der Waals surface area contributed by atoms with Crippen LogP contribution in [0.4, 0.5) is 13.2 Å². The molecule has 1 aliphatic heterocycles. The van der Waals surface area contributed by atoms with E-state index in [4.69, 9.17) is 0 Å². The number of hydrogen-bond acceptors (Lipinski definition) is 3. The zero-order chi connectivity index (χ0) is 16.4. The monoisotopic (exact) mass is 310 g/mol. The van der Waals surface area contributed by atoms with E-state index in [1.807, 2.05) is 25.7 Å². The summed E-state index contributed by atoms with van der Waals surface area (Å²) in [5, 5.41) is 12.1. The number of halogens is 3. The molecule has 2 atom stereocenters. The Labute approximate surface area is 123 Å². The number of hydrogen-bond donors (Lipinski definition) is 2. The molecule has 0 radical (unpaired) electrons. The molecule has 124 valence electrons. The molecule has 1 aliphatic rings. The molecule has 7 heteroatoms. The van der Waals surface area contributed by atoms with Crippen LogP contribution in [0.5, 0.6) is 0 Å². The first-order valence-electron chi connectivity index (χ1n) is 7.22. The van der Waals surface area contributed by atoms with Crippen LogP contribution in [0.2, 0.25) is 0 Å². The molecule has 2 N–H and O–H groups in total. The molecule has 0 saturated carbocycles. The molecule has 4 nitrogen and oxygen atoms in total. The van der Waals surface area contributed by atoms with Gasteiger partial charge in [0.1, 0.15) is 0 Å². The average Bonchev–Trinajstić information content (AvgIpc) is 2.34. The Morgan fingerprint density at radius 1 is 1.24 bits per heavy atom. The molecule has 1 amide bonds. The molecular formula is C14H25F3N2O2. The van der Waals surface area contributed by atoms with Gasteiger partial charge >= 0.3 is 6.18 Å². The minimum absolute atomic E-state index is 0.127. The van der Waals surface area contributed by atoms with Crippen LogP contribution in [-0.4, -0.2) is 52.9 Å². The Morgan fingerprint density at radius 2 is 1.71 bits per heavy atom. The second-order valence-electron chi connectivity index (χ2n) is 6.78. The van der Waals surface area contributed by atoms with Crippen LogP contribution in [0, 0.1) is 5.92 Å². The van der Waals surface area contributed by atoms with Crippen molar-refractivity contribution in [3.05, 3.63) is 0 Å². The molecule has 0 aromatic rings. The van der Waals surface area contributed by atoms with Crippen molar-refractivity contribution in [2.24, 2.45) is 5.92 Å². The van der Waals surface area contributed by atoms with Gasteiger partial charge in [0, 0.05) is 5.54 Å². The van der Waals surface area contributed by atoms with E-state index < -0.39 is 18.2 Å². The maximum absolute atomic E-state index is 12.5. The Morgan fingerprint density at radius 3 is 2.10 bits per heavy atom. The van der Waals surface area contributed by atoms with Crippen molar-refractivity contribution in [1.82, 2.24) is 10.2 Å². The van der Waals surface area contributed by atoms with Crippen LogP contribution in [0.15, 0.2) is 0 Å². The van der Waals surface area contributed by atoms with Gasteiger partial charge in [0.15, 0.2) is 6.10 Å². The van der Waals surface area contributed by atoms with Crippen molar-refractivity contribution in [2.75, 3.05) is 13.1 Å². The number of piperidine rings is 1. The van der Waals surface area contributed by atoms with Gasteiger partial charge in [-0.15, -0.1) is 0 Å². The Balaban J connectivity index is 2.51. The van der Waals surface area contributed by atoms with Crippen LogP contribution in [0.3, 0.4) is 0 Å². The van der Waals surface area contributed by atoms with E-state index in [2.05, 4.69) is 5.32 Å². The van der Waals surface area contributed by atoms with Gasteiger partial charge in [-0.05, 0) is 59.5 Å². The van der Waals surface area contributed by atoms with Gasteiger partial charge in [-0.2, -0.15) is 13.2 Å². The summed E-state index contributed by atoms with van der Waals surface area (Å²) in [6, 6.07) is -0.381. The maximum Gasteiger partial charge on any atom is 0.414 e. The number of nitrogens with one attached hydrogen (secondary N) is 1. The molecule has 1 heterocycles. The van der Waals surface area contributed by atoms with Crippen LogP contribution in [0.1, 0.15) is 40.5 Å². The molecule has 1 fully saturated rings. The molecule has 1 saturated heterocycles. The van der Waals surface area contributed by atoms with Crippen molar-refractivity contribution in [2.45, 2.75) is 64.4 Å². The van der Waals surface area contributed by atoms with E-state index in [1.165, 1.54) is 0 Å². The first-order chi connectivity index (χ1) is 9.42. The quantitative estimate of drug-likeness (QED) is 0.837. The van der Waals surface area contributed by atoms with E-state index in [9.17, 15) is 23.1 Å². The summed E-state index contributed by atoms with van der Waals surface area (Å²) in [6.45, 7) is 8.16. The fourth-order valence-electron chi connectivity index (χ4n) is 2.53. The average molecular weight is 310 g/mol. The molecular weight excluding hydrogens is 285 g/mol. The Kier molecular flexibility index (Phi) is 5.66. The number of nitrogens with zero attached hydrogens (tertiary/aromatic N) is 1. The number of likely N-dealkylation sites (tertiary alicyclic amines) is 1. The van der Waals surface area contributed by atoms with Gasteiger partial charge in [-0.25, -0.2) is 0 Å². The topological polar surface area (TPSA) is 52.6 Å². The first-order valence-corrected chi connectivity index (χ1v) is 7.22. The van der Waals surface area contributed by atoms with Crippen LogP contribution in [-0.2, 0) is 4.79 Å². The molecule has 0 aromatic heterocycles. The van der Waals surface area contributed by atoms with Gasteiger partial charge in [0.05, 0.1) is 6.04 Å². The number of rotatable bonds is 3. The van der Waals surface area contributed by atoms with Crippen LogP contribution in [0.25, 0.3) is 0 Å². The van der Waals surface area contributed by atoms with Gasteiger partial charge < -0.3 is 10.4 Å². The zero-order valence-corrected chi connectivity index (χ0v) is 13.0. The molecule has 1 rings (SSSR count). The second kappa shape index (κ2) is 6.52. The minimum atomic E-state index is -4.57. The van der Waals surface area contributed by atoms with Crippen LogP contribution >= 0.6 is 0 Å². The molecule has 0 aromatic carbocycles. The van der Waals surface area contributed by atoms with E-state index >= 15 is 0 Å². The Hall–Kier alpha value is -0.820. The summed E-state index contributed by atoms with van der Waals surface area (Å²) in [4.78, 5) is 13.9. The number of aliphatic hydroxyl groups excluding tert-OH is 1. The van der Waals surface area contributed by atoms with Gasteiger partial charge in [0.2, 0.25) is 5.91 Å². The van der Waals surface area contributed by atoms with E-state index in [-0.39, 0.29) is 30.3 Å². The lowest BCUT2D eigenvalue weighted by Crippen LogP contribution is -2.53. The predicted molar refractivity (Wildman–Crippen MR) is 73.7 cm³/mol. The first kappa shape index (κ1) is 18.2. The standard InChI is InChI=1S/C14H25F3N2O2/c1-9(12(21)18-13(2,3)4)19-7-5-10(6-8-19)11(20)14(15,16)17/h9-11,20H,5-8H2,1-4H3,(H,18,21). The van der Waals surface area contributed by atoms with E-state index in [0.29, 0.717) is 13.1 Å². The largest absolute Gasteiger partial charge is 0.414 e. The number of alkyl halides is 3. The van der Waals surface area contributed by atoms with Crippen LogP contribution < -0.4 is 5.32 Å². The number of aliphatic hydroxyl groups is 1. The van der Waals surface area contributed by atoms with Crippen molar-refractivity contribution in [1.29, 1.82) is 0 Å². The highest BCUT2D eigenvalue weighted by atomic mass is 19.4. The summed E-state index contributed by atoms with van der Waals surface area (Å²) >= 11 is 0. The number of carbonyl (C=O) groups is 1. The lowest BCUT2D eigenvalue weighted by Gasteiger charge is -2.38. The fourth-order valence-corrected chi connectivity index (χ4v) is 2.53. The third-order valence-electron chi connectivity index (χ3n) is 3.78. The highest BCUT2D eigenvalue weighted by Crippen LogP contribution is 2.32. The smallest absolute Gasteiger partial charge is 0.383 e. The fraction of sp³-hybridized carbons (Fsp3) is 0.929. The highest BCUT2D eigenvalue weighted by Gasteiger charge is 2.44. The number of carbonyl (C=O) groups excluding carboxylic acids is 1. The van der Waals surface area contributed by atoms with Gasteiger partial charge in [-0.1, -0.05) is 0 Å².